The van der Waals surface area contributed by atoms with Gasteiger partial charge in [-0.05, 0) is 57.8 Å². The molecule has 1 atom stereocenters. The molecule has 40 heavy (non-hydrogen) atoms. The Morgan fingerprint density at radius 3 is 1.65 bits per heavy atom. The monoisotopic (exact) mass is 560 g/mol. The molecule has 0 rings (SSSR count). The second-order valence-corrected chi connectivity index (χ2v) is 11.3. The molecule has 4 nitrogen and oxygen atoms in total. The first-order valence-electron chi connectivity index (χ1n) is 17.0. The number of unbranched alkanes of at least 4 members (excludes halogenated alkanes) is 16. The highest BCUT2D eigenvalue weighted by Gasteiger charge is 2.15. The van der Waals surface area contributed by atoms with E-state index < -0.39 is 5.97 Å². The van der Waals surface area contributed by atoms with Gasteiger partial charge in [0.25, 0.3) is 0 Å². The molecule has 0 aliphatic carbocycles. The number of carbonyl (C=O) groups excluding carboxylic acids is 1. The lowest BCUT2D eigenvalue weighted by atomic mass is 10.0. The van der Waals surface area contributed by atoms with Gasteiger partial charge in [0.15, 0.2) is 0 Å². The lowest BCUT2D eigenvalue weighted by Gasteiger charge is -2.17. The van der Waals surface area contributed by atoms with E-state index in [4.69, 9.17) is 9.84 Å². The zero-order valence-electron chi connectivity index (χ0n) is 26.4. The summed E-state index contributed by atoms with van der Waals surface area (Å²) in [6.45, 7) is 4.40. The van der Waals surface area contributed by atoms with Crippen LogP contribution in [0.15, 0.2) is 36.5 Å². The van der Waals surface area contributed by atoms with Gasteiger partial charge in [0, 0.05) is 12.8 Å². The molecular weight excluding hydrogens is 496 g/mol. The lowest BCUT2D eigenvalue weighted by molar-refractivity contribution is -0.151. The average molecular weight is 561 g/mol. The minimum Gasteiger partial charge on any atom is -0.481 e. The van der Waals surface area contributed by atoms with E-state index in [1.165, 1.54) is 89.9 Å². The zero-order valence-corrected chi connectivity index (χ0v) is 26.4. The van der Waals surface area contributed by atoms with E-state index in [9.17, 15) is 9.59 Å². The Balaban J connectivity index is 3.70. The minimum absolute atomic E-state index is 0.0701. The van der Waals surface area contributed by atoms with Gasteiger partial charge in [-0.15, -0.1) is 0 Å². The second-order valence-electron chi connectivity index (χ2n) is 11.3. The van der Waals surface area contributed by atoms with Crippen LogP contribution in [0.5, 0.6) is 0 Å². The van der Waals surface area contributed by atoms with Crippen LogP contribution in [0.4, 0.5) is 0 Å². The summed E-state index contributed by atoms with van der Waals surface area (Å²) in [5.74, 6) is -0.965. The standard InChI is InChI=1S/C36H64O4/c1-3-5-7-9-11-13-14-15-16-17-18-19-20-21-22-23-25-27-29-31-36(39)40-34(32-33-35(37)38)30-28-26-24-12-10-8-6-4-2/h5,7,11,13,15-16,34H,3-4,6,8-10,12,14,17-33H2,1-2H3,(H,37,38)/b7-5-,13-11-,16-15-. The molecule has 0 bridgehead atoms. The number of rotatable bonds is 30. The molecule has 232 valence electrons. The first kappa shape index (κ1) is 38.2. The molecule has 0 saturated carbocycles. The smallest absolute Gasteiger partial charge is 0.306 e. The Bertz CT molecular complexity index is 649. The van der Waals surface area contributed by atoms with Crippen LogP contribution in [-0.2, 0) is 14.3 Å². The molecule has 0 aliphatic heterocycles. The van der Waals surface area contributed by atoms with Gasteiger partial charge in [-0.25, -0.2) is 0 Å². The van der Waals surface area contributed by atoms with Crippen LogP contribution in [0.2, 0.25) is 0 Å². The number of carboxylic acid groups (broad SMARTS) is 1. The van der Waals surface area contributed by atoms with Crippen molar-refractivity contribution in [2.45, 2.75) is 180 Å². The molecule has 4 heteroatoms. The van der Waals surface area contributed by atoms with Gasteiger partial charge in [-0.3, -0.25) is 9.59 Å². The maximum atomic E-state index is 12.3. The third-order valence-electron chi connectivity index (χ3n) is 7.39. The van der Waals surface area contributed by atoms with Gasteiger partial charge in [-0.1, -0.05) is 140 Å². The highest BCUT2D eigenvalue weighted by atomic mass is 16.5. The Labute approximate surface area is 248 Å². The van der Waals surface area contributed by atoms with E-state index in [1.54, 1.807) is 0 Å². The highest BCUT2D eigenvalue weighted by molar-refractivity contribution is 5.69. The first-order chi connectivity index (χ1) is 19.6. The van der Waals surface area contributed by atoms with Gasteiger partial charge >= 0.3 is 11.9 Å². The topological polar surface area (TPSA) is 63.6 Å². The number of aliphatic carboxylic acids is 1. The fourth-order valence-electron chi connectivity index (χ4n) is 4.89. The fourth-order valence-corrected chi connectivity index (χ4v) is 4.89. The molecule has 0 heterocycles. The van der Waals surface area contributed by atoms with Gasteiger partial charge in [0.1, 0.15) is 6.10 Å². The normalized spacial score (nSPS) is 12.7. The largest absolute Gasteiger partial charge is 0.481 e. The molecule has 0 aliphatic rings. The molecule has 0 radical (unpaired) electrons. The van der Waals surface area contributed by atoms with E-state index in [-0.39, 0.29) is 18.5 Å². The summed E-state index contributed by atoms with van der Waals surface area (Å²) in [6, 6.07) is 0. The fraction of sp³-hybridized carbons (Fsp3) is 0.778. The van der Waals surface area contributed by atoms with Crippen LogP contribution in [-0.4, -0.2) is 23.1 Å². The Hall–Kier alpha value is -1.84. The number of carbonyl (C=O) groups is 2. The number of carboxylic acids is 1. The molecule has 0 saturated heterocycles. The van der Waals surface area contributed by atoms with Crippen molar-refractivity contribution in [1.82, 2.24) is 0 Å². The van der Waals surface area contributed by atoms with Crippen molar-refractivity contribution in [2.24, 2.45) is 0 Å². The Morgan fingerprint density at radius 1 is 0.575 bits per heavy atom. The summed E-state index contributed by atoms with van der Waals surface area (Å²) in [6.07, 6.45) is 40.2. The quantitative estimate of drug-likeness (QED) is 0.0539. The average Bonchev–Trinajstić information content (AvgIpc) is 2.94. The van der Waals surface area contributed by atoms with Crippen LogP contribution in [0, 0.1) is 0 Å². The van der Waals surface area contributed by atoms with E-state index in [2.05, 4.69) is 50.3 Å². The summed E-state index contributed by atoms with van der Waals surface area (Å²) in [5.41, 5.74) is 0. The summed E-state index contributed by atoms with van der Waals surface area (Å²) in [5, 5.41) is 9.04. The van der Waals surface area contributed by atoms with E-state index in [0.29, 0.717) is 12.8 Å². The van der Waals surface area contributed by atoms with E-state index in [1.807, 2.05) is 0 Å². The van der Waals surface area contributed by atoms with Crippen molar-refractivity contribution in [1.29, 1.82) is 0 Å². The molecule has 0 amide bonds. The number of esters is 1. The number of hydrogen-bond donors (Lipinski definition) is 1. The number of ether oxygens (including phenoxy) is 1. The molecule has 1 unspecified atom stereocenters. The maximum Gasteiger partial charge on any atom is 0.306 e. The third-order valence-corrected chi connectivity index (χ3v) is 7.39. The molecule has 0 fully saturated rings. The second kappa shape index (κ2) is 31.7. The number of allylic oxidation sites excluding steroid dienone is 6. The summed E-state index contributed by atoms with van der Waals surface area (Å²) in [4.78, 5) is 23.3. The third kappa shape index (κ3) is 30.7. The van der Waals surface area contributed by atoms with Crippen molar-refractivity contribution in [3.8, 4) is 0 Å². The molecule has 1 N–H and O–H groups in total. The summed E-state index contributed by atoms with van der Waals surface area (Å²) in [7, 11) is 0. The molecule has 0 aromatic rings. The van der Waals surface area contributed by atoms with Crippen molar-refractivity contribution < 1.29 is 19.4 Å². The van der Waals surface area contributed by atoms with Crippen molar-refractivity contribution in [2.75, 3.05) is 0 Å². The minimum atomic E-state index is -0.816. The van der Waals surface area contributed by atoms with Gasteiger partial charge in [0.2, 0.25) is 0 Å². The van der Waals surface area contributed by atoms with Crippen LogP contribution >= 0.6 is 0 Å². The molecule has 0 spiro atoms. The molecule has 0 aromatic carbocycles. The predicted molar refractivity (Wildman–Crippen MR) is 172 cm³/mol. The first-order valence-corrected chi connectivity index (χ1v) is 17.0. The number of hydrogen-bond acceptors (Lipinski definition) is 3. The summed E-state index contributed by atoms with van der Waals surface area (Å²) < 4.78 is 5.68. The van der Waals surface area contributed by atoms with E-state index >= 15 is 0 Å². The van der Waals surface area contributed by atoms with Crippen molar-refractivity contribution >= 4 is 11.9 Å². The van der Waals surface area contributed by atoms with Crippen LogP contribution in [0.1, 0.15) is 174 Å². The van der Waals surface area contributed by atoms with E-state index in [0.717, 1.165) is 51.4 Å². The lowest BCUT2D eigenvalue weighted by Crippen LogP contribution is -2.19. The van der Waals surface area contributed by atoms with Crippen molar-refractivity contribution in [3.63, 3.8) is 0 Å². The summed E-state index contributed by atoms with van der Waals surface area (Å²) >= 11 is 0. The van der Waals surface area contributed by atoms with Gasteiger partial charge in [-0.2, -0.15) is 0 Å². The molecule has 0 aromatic heterocycles. The SMILES string of the molecule is CC/C=C\C/C=C\C/C=C\CCCCCCCCCCCC(=O)OC(CCCCCCCCCC)CCC(=O)O. The van der Waals surface area contributed by atoms with Crippen LogP contribution in [0.3, 0.4) is 0 Å². The Morgan fingerprint density at radius 2 is 1.07 bits per heavy atom. The molecular formula is C36H64O4. The van der Waals surface area contributed by atoms with Crippen LogP contribution in [0.25, 0.3) is 0 Å². The predicted octanol–water partition coefficient (Wildman–Crippen LogP) is 11.4. The van der Waals surface area contributed by atoms with Gasteiger partial charge < -0.3 is 9.84 Å². The van der Waals surface area contributed by atoms with Crippen LogP contribution < -0.4 is 0 Å². The van der Waals surface area contributed by atoms with Gasteiger partial charge in [0.05, 0.1) is 0 Å². The maximum absolute atomic E-state index is 12.3. The van der Waals surface area contributed by atoms with Crippen molar-refractivity contribution in [3.05, 3.63) is 36.5 Å². The Kier molecular flexibility index (Phi) is 30.2. The zero-order chi connectivity index (χ0) is 29.4. The highest BCUT2D eigenvalue weighted by Crippen LogP contribution is 2.17.